The quantitative estimate of drug-likeness (QED) is 0.637. The summed E-state index contributed by atoms with van der Waals surface area (Å²) in [6, 6.07) is -1.39. The molecule has 0 radical (unpaired) electrons. The van der Waals surface area contributed by atoms with Crippen LogP contribution < -0.4 is 10.6 Å². The number of methoxy groups -OCH3 is 1. The van der Waals surface area contributed by atoms with Crippen molar-refractivity contribution in [2.24, 2.45) is 5.92 Å². The highest BCUT2D eigenvalue weighted by Gasteiger charge is 2.35. The third-order valence-corrected chi connectivity index (χ3v) is 3.84. The standard InChI is InChI=1S/C13H24N2O5/c1-4-9(2)10(11(16)17)15-12(18)14-7-13(19-3)5-6-20-8-13/h9-10H,4-8H2,1-3H3,(H,16,17)(H2,14,15,18)/t9-,10-,13?/m0/s1. The van der Waals surface area contributed by atoms with Gasteiger partial charge in [0.2, 0.25) is 0 Å². The summed E-state index contributed by atoms with van der Waals surface area (Å²) in [5.74, 6) is -1.16. The Morgan fingerprint density at radius 2 is 2.20 bits per heavy atom. The van der Waals surface area contributed by atoms with E-state index in [9.17, 15) is 9.59 Å². The fraction of sp³-hybridized carbons (Fsp3) is 0.846. The van der Waals surface area contributed by atoms with Crippen molar-refractivity contribution in [3.8, 4) is 0 Å². The topological polar surface area (TPSA) is 96.9 Å². The van der Waals surface area contributed by atoms with Gasteiger partial charge in [-0.25, -0.2) is 9.59 Å². The van der Waals surface area contributed by atoms with E-state index < -0.39 is 23.6 Å². The third kappa shape index (κ3) is 4.35. The van der Waals surface area contributed by atoms with Gasteiger partial charge in [-0.3, -0.25) is 0 Å². The first-order valence-corrected chi connectivity index (χ1v) is 6.84. The van der Waals surface area contributed by atoms with Crippen LogP contribution in [-0.2, 0) is 14.3 Å². The first-order chi connectivity index (χ1) is 9.44. The Kier molecular flexibility index (Phi) is 6.22. The number of carbonyl (C=O) groups excluding carboxylic acids is 1. The van der Waals surface area contributed by atoms with Gasteiger partial charge in [-0.1, -0.05) is 20.3 Å². The first-order valence-electron chi connectivity index (χ1n) is 6.84. The highest BCUT2D eigenvalue weighted by Crippen LogP contribution is 2.21. The average molecular weight is 288 g/mol. The number of ether oxygens (including phenoxy) is 2. The van der Waals surface area contributed by atoms with Crippen LogP contribution >= 0.6 is 0 Å². The van der Waals surface area contributed by atoms with E-state index in [0.29, 0.717) is 32.6 Å². The number of nitrogens with one attached hydrogen (secondary N) is 2. The number of carboxylic acid groups (broad SMARTS) is 1. The fourth-order valence-electron chi connectivity index (χ4n) is 2.08. The van der Waals surface area contributed by atoms with Gasteiger partial charge in [0.25, 0.3) is 0 Å². The molecule has 0 aromatic heterocycles. The molecule has 0 aromatic rings. The summed E-state index contributed by atoms with van der Waals surface area (Å²) < 4.78 is 10.7. The molecule has 2 amide bonds. The molecule has 0 bridgehead atoms. The molecular formula is C13H24N2O5. The summed E-state index contributed by atoms with van der Waals surface area (Å²) in [7, 11) is 1.58. The normalized spacial score (nSPS) is 24.9. The zero-order chi connectivity index (χ0) is 15.2. The largest absolute Gasteiger partial charge is 0.480 e. The van der Waals surface area contributed by atoms with Crippen molar-refractivity contribution in [3.63, 3.8) is 0 Å². The van der Waals surface area contributed by atoms with Gasteiger partial charge in [0, 0.05) is 20.1 Å². The molecule has 0 saturated carbocycles. The predicted octanol–water partition coefficient (Wildman–Crippen LogP) is 0.590. The number of carbonyl (C=O) groups is 2. The SMILES string of the molecule is CC[C@H](C)[C@H](NC(=O)NCC1(OC)CCOC1)C(=O)O. The van der Waals surface area contributed by atoms with E-state index in [1.54, 1.807) is 14.0 Å². The summed E-state index contributed by atoms with van der Waals surface area (Å²) in [5, 5.41) is 14.3. The number of hydrogen-bond donors (Lipinski definition) is 3. The molecule has 20 heavy (non-hydrogen) atoms. The fourth-order valence-corrected chi connectivity index (χ4v) is 2.08. The minimum atomic E-state index is -1.03. The van der Waals surface area contributed by atoms with Crippen LogP contribution in [-0.4, -0.2) is 55.6 Å². The van der Waals surface area contributed by atoms with Gasteiger partial charge < -0.3 is 25.2 Å². The van der Waals surface area contributed by atoms with Crippen molar-refractivity contribution < 1.29 is 24.2 Å². The minimum Gasteiger partial charge on any atom is -0.480 e. The van der Waals surface area contributed by atoms with Gasteiger partial charge in [0.1, 0.15) is 11.6 Å². The molecule has 1 aliphatic heterocycles. The van der Waals surface area contributed by atoms with Gasteiger partial charge in [0.05, 0.1) is 13.2 Å². The van der Waals surface area contributed by atoms with Gasteiger partial charge in [0.15, 0.2) is 0 Å². The van der Waals surface area contributed by atoms with Gasteiger partial charge >= 0.3 is 12.0 Å². The summed E-state index contributed by atoms with van der Waals surface area (Å²) in [6.45, 7) is 5.00. The lowest BCUT2D eigenvalue weighted by Gasteiger charge is -2.27. The molecule has 3 atom stereocenters. The van der Waals surface area contributed by atoms with E-state index in [1.165, 1.54) is 0 Å². The zero-order valence-corrected chi connectivity index (χ0v) is 12.3. The summed E-state index contributed by atoms with van der Waals surface area (Å²) in [4.78, 5) is 22.9. The van der Waals surface area contributed by atoms with Crippen molar-refractivity contribution in [1.29, 1.82) is 0 Å². The summed E-state index contributed by atoms with van der Waals surface area (Å²) in [6.07, 6.45) is 1.38. The Labute approximate surface area is 119 Å². The first kappa shape index (κ1) is 16.7. The molecule has 116 valence electrons. The van der Waals surface area contributed by atoms with Crippen LogP contribution in [0.5, 0.6) is 0 Å². The number of aliphatic carboxylic acids is 1. The van der Waals surface area contributed by atoms with E-state index in [4.69, 9.17) is 14.6 Å². The van der Waals surface area contributed by atoms with E-state index in [-0.39, 0.29) is 5.92 Å². The monoisotopic (exact) mass is 288 g/mol. The van der Waals surface area contributed by atoms with Crippen LogP contribution in [0.1, 0.15) is 26.7 Å². The van der Waals surface area contributed by atoms with Crippen LogP contribution in [0.2, 0.25) is 0 Å². The van der Waals surface area contributed by atoms with Crippen LogP contribution in [0.15, 0.2) is 0 Å². The lowest BCUT2D eigenvalue weighted by atomic mass is 9.99. The second-order valence-corrected chi connectivity index (χ2v) is 5.22. The van der Waals surface area contributed by atoms with Crippen LogP contribution in [0, 0.1) is 5.92 Å². The Hall–Kier alpha value is -1.34. The third-order valence-electron chi connectivity index (χ3n) is 3.84. The maximum atomic E-state index is 11.8. The minimum absolute atomic E-state index is 0.135. The van der Waals surface area contributed by atoms with Gasteiger partial charge in [-0.2, -0.15) is 0 Å². The van der Waals surface area contributed by atoms with Crippen molar-refractivity contribution in [3.05, 3.63) is 0 Å². The zero-order valence-electron chi connectivity index (χ0n) is 12.3. The van der Waals surface area contributed by atoms with Crippen LogP contribution in [0.3, 0.4) is 0 Å². The number of carboxylic acids is 1. The van der Waals surface area contributed by atoms with Crippen molar-refractivity contribution in [2.75, 3.05) is 26.9 Å². The Bertz CT molecular complexity index is 342. The predicted molar refractivity (Wildman–Crippen MR) is 72.6 cm³/mol. The number of amides is 2. The molecular weight excluding hydrogens is 264 g/mol. The maximum absolute atomic E-state index is 11.8. The molecule has 0 aliphatic carbocycles. The van der Waals surface area contributed by atoms with E-state index in [2.05, 4.69) is 10.6 Å². The van der Waals surface area contributed by atoms with Gasteiger partial charge in [-0.15, -0.1) is 0 Å². The van der Waals surface area contributed by atoms with E-state index in [0.717, 1.165) is 0 Å². The lowest BCUT2D eigenvalue weighted by Crippen LogP contribution is -2.53. The van der Waals surface area contributed by atoms with Crippen molar-refractivity contribution in [2.45, 2.75) is 38.3 Å². The molecule has 0 spiro atoms. The number of urea groups is 1. The highest BCUT2D eigenvalue weighted by atomic mass is 16.5. The van der Waals surface area contributed by atoms with Gasteiger partial charge in [-0.05, 0) is 5.92 Å². The second kappa shape index (κ2) is 7.44. The second-order valence-electron chi connectivity index (χ2n) is 5.22. The van der Waals surface area contributed by atoms with Crippen LogP contribution in [0.4, 0.5) is 4.79 Å². The number of hydrogen-bond acceptors (Lipinski definition) is 4. The van der Waals surface area contributed by atoms with Crippen molar-refractivity contribution in [1.82, 2.24) is 10.6 Å². The Morgan fingerprint density at radius 3 is 2.65 bits per heavy atom. The lowest BCUT2D eigenvalue weighted by molar-refractivity contribution is -0.140. The molecule has 3 N–H and O–H groups in total. The van der Waals surface area contributed by atoms with Crippen LogP contribution in [0.25, 0.3) is 0 Å². The summed E-state index contributed by atoms with van der Waals surface area (Å²) >= 11 is 0. The Morgan fingerprint density at radius 1 is 1.50 bits per heavy atom. The smallest absolute Gasteiger partial charge is 0.326 e. The van der Waals surface area contributed by atoms with E-state index in [1.807, 2.05) is 6.92 Å². The Balaban J connectivity index is 2.47. The molecule has 7 nitrogen and oxygen atoms in total. The average Bonchev–Trinajstić information content (AvgIpc) is 2.91. The molecule has 1 saturated heterocycles. The highest BCUT2D eigenvalue weighted by molar-refractivity contribution is 5.82. The summed E-state index contributed by atoms with van der Waals surface area (Å²) in [5.41, 5.74) is -0.508. The molecule has 1 unspecified atom stereocenters. The maximum Gasteiger partial charge on any atom is 0.326 e. The molecule has 1 aliphatic rings. The van der Waals surface area contributed by atoms with E-state index >= 15 is 0 Å². The molecule has 1 fully saturated rings. The van der Waals surface area contributed by atoms with Crippen molar-refractivity contribution >= 4 is 12.0 Å². The number of rotatable bonds is 7. The molecule has 0 aromatic carbocycles. The molecule has 1 heterocycles. The molecule has 7 heteroatoms. The molecule has 1 rings (SSSR count).